The Kier molecular flexibility index (Phi) is 6.88. The van der Waals surface area contributed by atoms with Crippen LogP contribution >= 0.6 is 12.4 Å². The number of benzene rings is 1. The van der Waals surface area contributed by atoms with Gasteiger partial charge in [0, 0.05) is 11.6 Å². The van der Waals surface area contributed by atoms with E-state index >= 15 is 0 Å². The lowest BCUT2D eigenvalue weighted by Gasteiger charge is -2.35. The fourth-order valence-corrected chi connectivity index (χ4v) is 3.84. The van der Waals surface area contributed by atoms with Gasteiger partial charge in [-0.25, -0.2) is 4.39 Å². The summed E-state index contributed by atoms with van der Waals surface area (Å²) in [5.41, 5.74) is 3.10. The van der Waals surface area contributed by atoms with Crippen molar-refractivity contribution in [2.45, 2.75) is 52.0 Å². The van der Waals surface area contributed by atoms with E-state index in [1.807, 2.05) is 18.2 Å². The maximum atomic E-state index is 14.3. The molecule has 1 heterocycles. The molecule has 0 saturated heterocycles. The van der Waals surface area contributed by atoms with Crippen LogP contribution in [0.2, 0.25) is 0 Å². The van der Waals surface area contributed by atoms with Crippen LogP contribution in [0.15, 0.2) is 34.9 Å². The summed E-state index contributed by atoms with van der Waals surface area (Å²) in [4.78, 5) is 2.58. The Hall–Kier alpha value is -1.32. The monoisotopic (exact) mass is 351 g/mol. The van der Waals surface area contributed by atoms with Gasteiger partial charge in [0.25, 0.3) is 0 Å². The van der Waals surface area contributed by atoms with E-state index in [-0.39, 0.29) is 18.2 Å². The normalized spacial score (nSPS) is 16.8. The molecule has 0 amide bonds. The van der Waals surface area contributed by atoms with Crippen LogP contribution in [0.3, 0.4) is 0 Å². The molecule has 3 rings (SSSR count). The van der Waals surface area contributed by atoms with Gasteiger partial charge in [-0.15, -0.1) is 12.4 Å². The highest BCUT2D eigenvalue weighted by molar-refractivity contribution is 5.85. The summed E-state index contributed by atoms with van der Waals surface area (Å²) in [5.74, 6) is 0.783. The van der Waals surface area contributed by atoms with E-state index < -0.39 is 0 Å². The van der Waals surface area contributed by atoms with Crippen LogP contribution in [0.1, 0.15) is 44.2 Å². The van der Waals surface area contributed by atoms with E-state index in [9.17, 15) is 4.39 Å². The number of nitrogens with zero attached hydrogens (tertiary/aromatic N) is 1. The highest BCUT2D eigenvalue weighted by atomic mass is 35.5. The van der Waals surface area contributed by atoms with Crippen LogP contribution in [0.5, 0.6) is 0 Å². The molecule has 0 unspecified atom stereocenters. The number of hydrogen-bond donors (Lipinski definition) is 0. The molecular weight excluding hydrogens is 325 g/mol. The zero-order chi connectivity index (χ0) is 16.2. The Labute approximate surface area is 150 Å². The van der Waals surface area contributed by atoms with Crippen molar-refractivity contribution in [1.29, 1.82) is 0 Å². The van der Waals surface area contributed by atoms with Gasteiger partial charge in [0.2, 0.25) is 0 Å². The Bertz CT molecular complexity index is 635. The van der Waals surface area contributed by atoms with Gasteiger partial charge in [0.05, 0.1) is 6.26 Å². The second kappa shape index (κ2) is 8.68. The van der Waals surface area contributed by atoms with E-state index in [0.717, 1.165) is 67.6 Å². The maximum absolute atomic E-state index is 14.3. The summed E-state index contributed by atoms with van der Waals surface area (Å²) in [6.07, 6.45) is 6.81. The zero-order valence-electron chi connectivity index (χ0n) is 14.6. The fraction of sp³-hybridized carbons (Fsp3) is 0.500. The van der Waals surface area contributed by atoms with E-state index in [1.165, 1.54) is 0 Å². The van der Waals surface area contributed by atoms with Crippen molar-refractivity contribution >= 4 is 12.4 Å². The van der Waals surface area contributed by atoms with E-state index in [0.29, 0.717) is 6.04 Å². The minimum atomic E-state index is -0.0636. The molecule has 24 heavy (non-hydrogen) atoms. The molecule has 0 bridgehead atoms. The summed E-state index contributed by atoms with van der Waals surface area (Å²) in [5, 5.41) is 0. The van der Waals surface area contributed by atoms with Gasteiger partial charge >= 0.3 is 0 Å². The molecule has 1 aliphatic carbocycles. The van der Waals surface area contributed by atoms with E-state index in [2.05, 4.69) is 18.7 Å². The van der Waals surface area contributed by atoms with Crippen LogP contribution < -0.4 is 0 Å². The van der Waals surface area contributed by atoms with Crippen molar-refractivity contribution in [3.8, 4) is 11.3 Å². The lowest BCUT2D eigenvalue weighted by Crippen LogP contribution is -2.40. The third-order valence-corrected chi connectivity index (χ3v) is 4.87. The minimum Gasteiger partial charge on any atom is -0.464 e. The van der Waals surface area contributed by atoms with Gasteiger partial charge in [0.15, 0.2) is 0 Å². The van der Waals surface area contributed by atoms with Crippen LogP contribution in [-0.4, -0.2) is 24.0 Å². The zero-order valence-corrected chi connectivity index (χ0v) is 15.4. The highest BCUT2D eigenvalue weighted by Gasteiger charge is 2.27. The molecule has 0 fully saturated rings. The molecule has 1 aromatic carbocycles. The van der Waals surface area contributed by atoms with E-state index in [4.69, 9.17) is 4.42 Å². The summed E-state index contributed by atoms with van der Waals surface area (Å²) in [6, 6.07) is 7.84. The van der Waals surface area contributed by atoms with E-state index in [1.54, 1.807) is 12.3 Å². The predicted octanol–water partition coefficient (Wildman–Crippen LogP) is 5.49. The maximum Gasteiger partial charge on any atom is 0.134 e. The van der Waals surface area contributed by atoms with Crippen molar-refractivity contribution in [3.05, 3.63) is 47.5 Å². The van der Waals surface area contributed by atoms with Crippen molar-refractivity contribution in [1.82, 2.24) is 4.90 Å². The van der Waals surface area contributed by atoms with Gasteiger partial charge < -0.3 is 9.32 Å². The Morgan fingerprint density at radius 2 is 1.88 bits per heavy atom. The van der Waals surface area contributed by atoms with Gasteiger partial charge in [0.1, 0.15) is 11.6 Å². The molecule has 0 N–H and O–H groups in total. The Morgan fingerprint density at radius 3 is 2.50 bits per heavy atom. The molecular formula is C20H27ClFNO. The molecule has 0 spiro atoms. The van der Waals surface area contributed by atoms with Crippen LogP contribution in [0.4, 0.5) is 4.39 Å². The quantitative estimate of drug-likeness (QED) is 0.684. The molecule has 0 radical (unpaired) electrons. The predicted molar refractivity (Wildman–Crippen MR) is 99.3 cm³/mol. The van der Waals surface area contributed by atoms with Gasteiger partial charge in [-0.2, -0.15) is 0 Å². The number of fused-ring (bicyclic) bond motifs is 1. The average Bonchev–Trinajstić information content (AvgIpc) is 3.09. The average molecular weight is 352 g/mol. The summed E-state index contributed by atoms with van der Waals surface area (Å²) < 4.78 is 19.9. The second-order valence-electron chi connectivity index (χ2n) is 6.46. The first kappa shape index (κ1) is 19.0. The van der Waals surface area contributed by atoms with Gasteiger partial charge in [-0.3, -0.25) is 0 Å². The number of rotatable bonds is 6. The fourth-order valence-electron chi connectivity index (χ4n) is 3.84. The van der Waals surface area contributed by atoms with Gasteiger partial charge in [-0.05, 0) is 80.6 Å². The number of furan rings is 1. The summed E-state index contributed by atoms with van der Waals surface area (Å²) >= 11 is 0. The molecule has 1 atom stereocenters. The Balaban J connectivity index is 0.00000208. The van der Waals surface area contributed by atoms with Crippen LogP contribution in [0, 0.1) is 5.82 Å². The second-order valence-corrected chi connectivity index (χ2v) is 6.46. The summed E-state index contributed by atoms with van der Waals surface area (Å²) in [7, 11) is 0. The lowest BCUT2D eigenvalue weighted by atomic mass is 9.83. The molecule has 132 valence electrons. The molecule has 4 heteroatoms. The summed E-state index contributed by atoms with van der Waals surface area (Å²) in [6.45, 7) is 6.71. The first-order valence-electron chi connectivity index (χ1n) is 8.82. The highest BCUT2D eigenvalue weighted by Crippen LogP contribution is 2.35. The first-order valence-corrected chi connectivity index (χ1v) is 8.82. The van der Waals surface area contributed by atoms with Crippen molar-refractivity contribution in [2.75, 3.05) is 13.1 Å². The Morgan fingerprint density at radius 1 is 1.12 bits per heavy atom. The molecule has 1 aromatic heterocycles. The first-order chi connectivity index (χ1) is 11.2. The molecule has 0 saturated carbocycles. The molecule has 2 nitrogen and oxygen atoms in total. The van der Waals surface area contributed by atoms with Crippen molar-refractivity contribution < 1.29 is 8.81 Å². The standard InChI is InChI=1S/C20H26FNO.ClH/c1-3-11-22(12-4-2)15-7-8-16-18(14-15)17(9-10-19(16)21)20-6-5-13-23-20;/h5-6,9-10,13,15H,3-4,7-8,11-12,14H2,1-2H3;1H/t15-;/m0./s1. The number of hydrogen-bond acceptors (Lipinski definition) is 2. The van der Waals surface area contributed by atoms with Crippen LogP contribution in [0.25, 0.3) is 11.3 Å². The third kappa shape index (κ3) is 3.84. The van der Waals surface area contributed by atoms with Crippen LogP contribution in [-0.2, 0) is 12.8 Å². The van der Waals surface area contributed by atoms with Gasteiger partial charge in [-0.1, -0.05) is 13.8 Å². The third-order valence-electron chi connectivity index (χ3n) is 4.87. The van der Waals surface area contributed by atoms with Crippen molar-refractivity contribution in [2.24, 2.45) is 0 Å². The lowest BCUT2D eigenvalue weighted by molar-refractivity contribution is 0.179. The number of halogens is 2. The molecule has 0 aliphatic heterocycles. The molecule has 2 aromatic rings. The minimum absolute atomic E-state index is 0. The van der Waals surface area contributed by atoms with Crippen molar-refractivity contribution in [3.63, 3.8) is 0 Å². The largest absolute Gasteiger partial charge is 0.464 e. The topological polar surface area (TPSA) is 16.4 Å². The molecule has 1 aliphatic rings. The SMILES string of the molecule is CCCN(CCC)[C@H]1CCc2c(F)ccc(-c3ccco3)c2C1.Cl. The smallest absolute Gasteiger partial charge is 0.134 e.